The Balaban J connectivity index is 1.48. The standard InChI is InChI=1S/C19H23Cl2N3O2/c1-13(19(26)22-15-4-5-15)23-8-10-24(11-9-23)18(25)7-3-14-2-6-16(20)17(21)12-14/h2-3,6-7,12-13,15H,4-5,8-11H2,1H3,(H,22,26)/b7-3+. The summed E-state index contributed by atoms with van der Waals surface area (Å²) in [6.07, 6.45) is 5.47. The Hall–Kier alpha value is -1.56. The molecule has 1 unspecified atom stereocenters. The van der Waals surface area contributed by atoms with E-state index in [1.54, 1.807) is 29.2 Å². The summed E-state index contributed by atoms with van der Waals surface area (Å²) in [5.74, 6) is 0.0533. The maximum absolute atomic E-state index is 12.4. The van der Waals surface area contributed by atoms with Gasteiger partial charge in [0.05, 0.1) is 16.1 Å². The third-order valence-electron chi connectivity index (χ3n) is 4.84. The average molecular weight is 396 g/mol. The molecule has 1 aliphatic carbocycles. The van der Waals surface area contributed by atoms with Crippen LogP contribution in [0.3, 0.4) is 0 Å². The monoisotopic (exact) mass is 395 g/mol. The van der Waals surface area contributed by atoms with Gasteiger partial charge in [-0.25, -0.2) is 0 Å². The van der Waals surface area contributed by atoms with Crippen LogP contribution in [0.2, 0.25) is 10.0 Å². The Morgan fingerprint density at radius 3 is 2.46 bits per heavy atom. The molecule has 0 spiro atoms. The van der Waals surface area contributed by atoms with E-state index in [1.807, 2.05) is 13.0 Å². The lowest BCUT2D eigenvalue weighted by Crippen LogP contribution is -2.55. The van der Waals surface area contributed by atoms with Crippen molar-refractivity contribution in [2.24, 2.45) is 0 Å². The van der Waals surface area contributed by atoms with Crippen molar-refractivity contribution >= 4 is 41.1 Å². The van der Waals surface area contributed by atoms with Crippen LogP contribution in [0.4, 0.5) is 0 Å². The molecule has 3 rings (SSSR count). The molecule has 1 aliphatic heterocycles. The molecule has 0 bridgehead atoms. The molecule has 1 heterocycles. The van der Waals surface area contributed by atoms with Gasteiger partial charge in [-0.2, -0.15) is 0 Å². The normalized spacial score (nSPS) is 19.6. The molecule has 5 nitrogen and oxygen atoms in total. The van der Waals surface area contributed by atoms with Gasteiger partial charge < -0.3 is 10.2 Å². The molecule has 1 saturated carbocycles. The average Bonchev–Trinajstić information content (AvgIpc) is 3.46. The molecule has 1 atom stereocenters. The molecule has 0 aromatic heterocycles. The van der Waals surface area contributed by atoms with Crippen molar-refractivity contribution in [1.82, 2.24) is 15.1 Å². The van der Waals surface area contributed by atoms with Crippen molar-refractivity contribution in [3.8, 4) is 0 Å². The SMILES string of the molecule is CC(C(=O)NC1CC1)N1CCN(C(=O)/C=C/c2ccc(Cl)c(Cl)c2)CC1. The number of benzene rings is 1. The van der Waals surface area contributed by atoms with E-state index >= 15 is 0 Å². The molecule has 1 aromatic rings. The highest BCUT2D eigenvalue weighted by molar-refractivity contribution is 6.42. The van der Waals surface area contributed by atoms with Gasteiger partial charge >= 0.3 is 0 Å². The molecular formula is C19H23Cl2N3O2. The molecule has 2 fully saturated rings. The smallest absolute Gasteiger partial charge is 0.246 e. The topological polar surface area (TPSA) is 52.7 Å². The molecule has 140 valence electrons. The summed E-state index contributed by atoms with van der Waals surface area (Å²) in [7, 11) is 0. The summed E-state index contributed by atoms with van der Waals surface area (Å²) in [5.41, 5.74) is 0.830. The molecule has 2 aliphatic rings. The van der Waals surface area contributed by atoms with Gasteiger partial charge in [-0.15, -0.1) is 0 Å². The van der Waals surface area contributed by atoms with Crippen molar-refractivity contribution in [2.45, 2.75) is 31.8 Å². The Morgan fingerprint density at radius 1 is 1.15 bits per heavy atom. The predicted molar refractivity (Wildman–Crippen MR) is 104 cm³/mol. The quantitative estimate of drug-likeness (QED) is 0.779. The summed E-state index contributed by atoms with van der Waals surface area (Å²) in [6, 6.07) is 5.47. The first-order valence-electron chi connectivity index (χ1n) is 8.90. The second-order valence-corrected chi connectivity index (χ2v) is 7.64. The highest BCUT2D eigenvalue weighted by atomic mass is 35.5. The van der Waals surface area contributed by atoms with Crippen LogP contribution in [0.25, 0.3) is 6.08 Å². The number of halogens is 2. The van der Waals surface area contributed by atoms with E-state index in [0.29, 0.717) is 42.3 Å². The molecule has 1 saturated heterocycles. The Kier molecular flexibility index (Phi) is 6.22. The summed E-state index contributed by atoms with van der Waals surface area (Å²) < 4.78 is 0. The zero-order valence-corrected chi connectivity index (χ0v) is 16.3. The number of hydrogen-bond acceptors (Lipinski definition) is 3. The van der Waals surface area contributed by atoms with Gasteiger partial charge in [-0.1, -0.05) is 29.3 Å². The van der Waals surface area contributed by atoms with Crippen molar-refractivity contribution in [1.29, 1.82) is 0 Å². The minimum absolute atomic E-state index is 0.0363. The molecule has 7 heteroatoms. The van der Waals surface area contributed by atoms with E-state index in [4.69, 9.17) is 23.2 Å². The van der Waals surface area contributed by atoms with Gasteiger partial charge in [-0.05, 0) is 43.5 Å². The first-order chi connectivity index (χ1) is 12.4. The summed E-state index contributed by atoms with van der Waals surface area (Å²) >= 11 is 11.9. The number of hydrogen-bond donors (Lipinski definition) is 1. The minimum atomic E-state index is -0.153. The van der Waals surface area contributed by atoms with Crippen molar-refractivity contribution in [2.75, 3.05) is 26.2 Å². The van der Waals surface area contributed by atoms with Gasteiger partial charge in [0.25, 0.3) is 0 Å². The first-order valence-corrected chi connectivity index (χ1v) is 9.66. The van der Waals surface area contributed by atoms with Crippen LogP contribution in [-0.2, 0) is 9.59 Å². The lowest BCUT2D eigenvalue weighted by Gasteiger charge is -2.37. The third-order valence-corrected chi connectivity index (χ3v) is 5.58. The largest absolute Gasteiger partial charge is 0.352 e. The van der Waals surface area contributed by atoms with Crippen molar-refractivity contribution in [3.63, 3.8) is 0 Å². The van der Waals surface area contributed by atoms with Gasteiger partial charge in [0.2, 0.25) is 11.8 Å². The third kappa shape index (κ3) is 5.00. The van der Waals surface area contributed by atoms with Crippen LogP contribution in [0, 0.1) is 0 Å². The number of carbonyl (C=O) groups is 2. The van der Waals surface area contributed by atoms with Crippen LogP contribution in [-0.4, -0.2) is 59.9 Å². The molecule has 1 N–H and O–H groups in total. The minimum Gasteiger partial charge on any atom is -0.352 e. The van der Waals surface area contributed by atoms with Gasteiger partial charge in [0.15, 0.2) is 0 Å². The Labute approximate surface area is 163 Å². The maximum atomic E-state index is 12.4. The fraction of sp³-hybridized carbons (Fsp3) is 0.474. The van der Waals surface area contributed by atoms with Crippen molar-refractivity contribution in [3.05, 3.63) is 39.9 Å². The zero-order chi connectivity index (χ0) is 18.7. The van der Waals surface area contributed by atoms with Crippen LogP contribution in [0.1, 0.15) is 25.3 Å². The fourth-order valence-corrected chi connectivity index (χ4v) is 3.24. The lowest BCUT2D eigenvalue weighted by atomic mass is 10.2. The van der Waals surface area contributed by atoms with E-state index in [1.165, 1.54) is 0 Å². The Bertz CT molecular complexity index is 711. The zero-order valence-electron chi connectivity index (χ0n) is 14.8. The molecule has 2 amide bonds. The molecular weight excluding hydrogens is 373 g/mol. The van der Waals surface area contributed by atoms with E-state index < -0.39 is 0 Å². The van der Waals surface area contributed by atoms with Gasteiger partial charge in [0, 0.05) is 38.3 Å². The van der Waals surface area contributed by atoms with E-state index in [9.17, 15) is 9.59 Å². The number of amides is 2. The van der Waals surface area contributed by atoms with Crippen LogP contribution < -0.4 is 5.32 Å². The summed E-state index contributed by atoms with van der Waals surface area (Å²) in [4.78, 5) is 28.5. The van der Waals surface area contributed by atoms with E-state index in [0.717, 1.165) is 18.4 Å². The molecule has 0 radical (unpaired) electrons. The molecule has 1 aromatic carbocycles. The van der Waals surface area contributed by atoms with Crippen LogP contribution in [0.5, 0.6) is 0 Å². The van der Waals surface area contributed by atoms with E-state index in [-0.39, 0.29) is 17.9 Å². The summed E-state index contributed by atoms with van der Waals surface area (Å²) in [6.45, 7) is 4.56. The Morgan fingerprint density at radius 2 is 1.85 bits per heavy atom. The number of nitrogens with zero attached hydrogens (tertiary/aromatic N) is 2. The van der Waals surface area contributed by atoms with Gasteiger partial charge in [-0.3, -0.25) is 14.5 Å². The van der Waals surface area contributed by atoms with Crippen LogP contribution >= 0.6 is 23.2 Å². The second kappa shape index (κ2) is 8.42. The predicted octanol–water partition coefficient (Wildman–Crippen LogP) is 2.82. The highest BCUT2D eigenvalue weighted by Gasteiger charge is 2.30. The van der Waals surface area contributed by atoms with E-state index in [2.05, 4.69) is 10.2 Å². The lowest BCUT2D eigenvalue weighted by molar-refractivity contribution is -0.130. The van der Waals surface area contributed by atoms with Gasteiger partial charge in [0.1, 0.15) is 0 Å². The number of piperazine rings is 1. The van der Waals surface area contributed by atoms with Crippen LogP contribution in [0.15, 0.2) is 24.3 Å². The highest BCUT2D eigenvalue weighted by Crippen LogP contribution is 2.23. The molecule has 26 heavy (non-hydrogen) atoms. The first kappa shape index (κ1) is 19.2. The summed E-state index contributed by atoms with van der Waals surface area (Å²) in [5, 5.41) is 4.00. The second-order valence-electron chi connectivity index (χ2n) is 6.83. The number of rotatable bonds is 5. The number of carbonyl (C=O) groups excluding carboxylic acids is 2. The van der Waals surface area contributed by atoms with Crippen molar-refractivity contribution < 1.29 is 9.59 Å². The fourth-order valence-electron chi connectivity index (χ4n) is 2.93. The number of nitrogens with one attached hydrogen (secondary N) is 1. The maximum Gasteiger partial charge on any atom is 0.246 e.